The van der Waals surface area contributed by atoms with Crippen LogP contribution in [0.15, 0.2) is 11.1 Å². The molecule has 0 bridgehead atoms. The number of aromatic nitrogens is 2. The topological polar surface area (TPSA) is 90.3 Å². The van der Waals surface area contributed by atoms with Gasteiger partial charge in [0.15, 0.2) is 6.10 Å². The van der Waals surface area contributed by atoms with Gasteiger partial charge in [-0.25, -0.2) is 9.78 Å². The van der Waals surface area contributed by atoms with Gasteiger partial charge >= 0.3 is 12.1 Å². The highest BCUT2D eigenvalue weighted by Gasteiger charge is 2.30. The molecule has 25 heavy (non-hydrogen) atoms. The van der Waals surface area contributed by atoms with E-state index in [1.807, 2.05) is 0 Å². The van der Waals surface area contributed by atoms with Gasteiger partial charge in [0.05, 0.1) is 11.7 Å². The Morgan fingerprint density at radius 1 is 1.44 bits per heavy atom. The smallest absolute Gasteiger partial charge is 0.405 e. The van der Waals surface area contributed by atoms with Gasteiger partial charge in [-0.2, -0.15) is 13.2 Å². The quantitative estimate of drug-likeness (QED) is 0.816. The number of hydrogen-bond donors (Lipinski definition) is 1. The van der Waals surface area contributed by atoms with Crippen LogP contribution < -0.4 is 10.9 Å². The van der Waals surface area contributed by atoms with Gasteiger partial charge in [0.2, 0.25) is 0 Å². The van der Waals surface area contributed by atoms with Gasteiger partial charge in [-0.1, -0.05) is 0 Å². The van der Waals surface area contributed by atoms with Crippen molar-refractivity contribution < 1.29 is 27.5 Å². The summed E-state index contributed by atoms with van der Waals surface area (Å²) in [4.78, 5) is 40.3. The molecule has 11 heteroatoms. The standard InChI is InChI=1S/C14H14F3N3O4S/c1-6-8-11(19-5-20(3)12(8)22)25-9(6)13(23)24-7(2)10(21)18-4-14(15,16)17/h5,7H,4H2,1-3H3,(H,18,21). The monoisotopic (exact) mass is 377 g/mol. The van der Waals surface area contributed by atoms with Crippen LogP contribution in [-0.2, 0) is 16.6 Å². The fraction of sp³-hybridized carbons (Fsp3) is 0.429. The number of esters is 1. The van der Waals surface area contributed by atoms with Crippen LogP contribution in [0, 0.1) is 6.92 Å². The van der Waals surface area contributed by atoms with Crippen LogP contribution >= 0.6 is 11.3 Å². The molecule has 1 N–H and O–H groups in total. The van der Waals surface area contributed by atoms with E-state index in [1.54, 1.807) is 5.32 Å². The Morgan fingerprint density at radius 2 is 2.08 bits per heavy atom. The average molecular weight is 377 g/mol. The third-order valence-corrected chi connectivity index (χ3v) is 4.49. The number of amides is 1. The van der Waals surface area contributed by atoms with E-state index in [1.165, 1.54) is 24.9 Å². The minimum absolute atomic E-state index is 0.0706. The van der Waals surface area contributed by atoms with Crippen molar-refractivity contribution in [1.29, 1.82) is 0 Å². The van der Waals surface area contributed by atoms with Crippen LogP contribution in [0.25, 0.3) is 10.2 Å². The summed E-state index contributed by atoms with van der Waals surface area (Å²) in [5.41, 5.74) is 0.00960. The van der Waals surface area contributed by atoms with Crippen LogP contribution in [0.4, 0.5) is 13.2 Å². The van der Waals surface area contributed by atoms with Gasteiger partial charge in [-0.3, -0.25) is 9.59 Å². The lowest BCUT2D eigenvalue weighted by atomic mass is 10.2. The predicted octanol–water partition coefficient (Wildman–Crippen LogP) is 1.53. The van der Waals surface area contributed by atoms with E-state index in [0.717, 1.165) is 18.3 Å². The first-order valence-corrected chi connectivity index (χ1v) is 7.83. The minimum Gasteiger partial charge on any atom is -0.448 e. The maximum atomic E-state index is 12.2. The molecule has 0 aromatic carbocycles. The Bertz CT molecular complexity index is 888. The number of nitrogens with one attached hydrogen (secondary N) is 1. The van der Waals surface area contributed by atoms with Gasteiger partial charge in [0.1, 0.15) is 16.3 Å². The van der Waals surface area contributed by atoms with Crippen molar-refractivity contribution in [2.45, 2.75) is 26.1 Å². The fourth-order valence-corrected chi connectivity index (χ4v) is 3.02. The molecule has 0 saturated heterocycles. The van der Waals surface area contributed by atoms with E-state index in [4.69, 9.17) is 4.74 Å². The predicted molar refractivity (Wildman–Crippen MR) is 83.5 cm³/mol. The number of carbonyl (C=O) groups excluding carboxylic acids is 2. The van der Waals surface area contributed by atoms with Crippen LogP contribution in [0.5, 0.6) is 0 Å². The molecule has 136 valence electrons. The molecule has 2 rings (SSSR count). The van der Waals surface area contributed by atoms with Crippen LogP contribution in [0.3, 0.4) is 0 Å². The zero-order chi connectivity index (χ0) is 18.9. The summed E-state index contributed by atoms with van der Waals surface area (Å²) in [6.07, 6.45) is -4.67. The van der Waals surface area contributed by atoms with E-state index in [9.17, 15) is 27.6 Å². The van der Waals surface area contributed by atoms with Crippen molar-refractivity contribution in [3.05, 3.63) is 27.1 Å². The zero-order valence-electron chi connectivity index (χ0n) is 13.4. The Hall–Kier alpha value is -2.43. The number of rotatable bonds is 4. The number of thiophene rings is 1. The summed E-state index contributed by atoms with van der Waals surface area (Å²) in [6, 6.07) is 0. The summed E-state index contributed by atoms with van der Waals surface area (Å²) in [7, 11) is 1.51. The molecule has 0 saturated carbocycles. The molecule has 2 aromatic rings. The van der Waals surface area contributed by atoms with Crippen molar-refractivity contribution in [3.63, 3.8) is 0 Å². The maximum Gasteiger partial charge on any atom is 0.405 e. The summed E-state index contributed by atoms with van der Waals surface area (Å²) in [5.74, 6) is -1.98. The average Bonchev–Trinajstić information content (AvgIpc) is 2.85. The maximum absolute atomic E-state index is 12.2. The summed E-state index contributed by atoms with van der Waals surface area (Å²) in [6.45, 7) is 1.17. The van der Waals surface area contributed by atoms with Crippen LogP contribution in [-0.4, -0.2) is 40.3 Å². The van der Waals surface area contributed by atoms with Crippen LogP contribution in [0.1, 0.15) is 22.2 Å². The number of aryl methyl sites for hydroxylation is 2. The number of nitrogens with zero attached hydrogens (tertiary/aromatic N) is 2. The lowest BCUT2D eigenvalue weighted by Crippen LogP contribution is -2.40. The Kier molecular flexibility index (Phi) is 5.16. The number of alkyl halides is 3. The highest BCUT2D eigenvalue weighted by Crippen LogP contribution is 2.27. The van der Waals surface area contributed by atoms with Crippen molar-refractivity contribution >= 4 is 33.4 Å². The third kappa shape index (κ3) is 4.16. The van der Waals surface area contributed by atoms with Gasteiger partial charge in [0, 0.05) is 7.05 Å². The molecular formula is C14H14F3N3O4S. The second-order valence-electron chi connectivity index (χ2n) is 5.28. The first-order chi connectivity index (χ1) is 11.5. The van der Waals surface area contributed by atoms with E-state index >= 15 is 0 Å². The SMILES string of the molecule is Cc1c(C(=O)OC(C)C(=O)NCC(F)(F)F)sc2ncn(C)c(=O)c12. The molecule has 7 nitrogen and oxygen atoms in total. The highest BCUT2D eigenvalue weighted by molar-refractivity contribution is 7.20. The van der Waals surface area contributed by atoms with Crippen molar-refractivity contribution in [2.24, 2.45) is 7.05 Å². The Morgan fingerprint density at radius 3 is 2.68 bits per heavy atom. The number of hydrogen-bond acceptors (Lipinski definition) is 6. The third-order valence-electron chi connectivity index (χ3n) is 3.31. The van der Waals surface area contributed by atoms with Gasteiger partial charge in [-0.15, -0.1) is 11.3 Å². The van der Waals surface area contributed by atoms with E-state index in [-0.39, 0.29) is 15.8 Å². The van der Waals surface area contributed by atoms with Crippen LogP contribution in [0.2, 0.25) is 0 Å². The molecule has 0 fully saturated rings. The molecule has 0 aliphatic carbocycles. The largest absolute Gasteiger partial charge is 0.448 e. The second-order valence-corrected chi connectivity index (χ2v) is 6.28. The van der Waals surface area contributed by atoms with Crippen molar-refractivity contribution in [1.82, 2.24) is 14.9 Å². The number of carbonyl (C=O) groups is 2. The number of ether oxygens (including phenoxy) is 1. The fourth-order valence-electron chi connectivity index (χ4n) is 2.00. The zero-order valence-corrected chi connectivity index (χ0v) is 14.2. The molecule has 0 aliphatic heterocycles. The van der Waals surface area contributed by atoms with E-state index in [0.29, 0.717) is 10.4 Å². The lowest BCUT2D eigenvalue weighted by molar-refractivity contribution is -0.143. The van der Waals surface area contributed by atoms with Gasteiger partial charge in [-0.05, 0) is 19.4 Å². The Labute approximate surface area is 143 Å². The molecule has 1 unspecified atom stereocenters. The van der Waals surface area contributed by atoms with Gasteiger partial charge < -0.3 is 14.6 Å². The first kappa shape index (κ1) is 18.9. The normalized spacial score (nSPS) is 12.9. The molecule has 0 radical (unpaired) electrons. The number of halogens is 3. The summed E-state index contributed by atoms with van der Waals surface area (Å²) in [5, 5.41) is 1.89. The minimum atomic E-state index is -4.56. The molecule has 1 amide bonds. The first-order valence-electron chi connectivity index (χ1n) is 7.01. The van der Waals surface area contributed by atoms with Crippen molar-refractivity contribution in [3.8, 4) is 0 Å². The molecular weight excluding hydrogens is 363 g/mol. The molecule has 0 spiro atoms. The van der Waals surface area contributed by atoms with Crippen molar-refractivity contribution in [2.75, 3.05) is 6.54 Å². The van der Waals surface area contributed by atoms with E-state index in [2.05, 4.69) is 4.98 Å². The second kappa shape index (κ2) is 6.82. The molecule has 2 aromatic heterocycles. The van der Waals surface area contributed by atoms with E-state index < -0.39 is 30.7 Å². The summed E-state index contributed by atoms with van der Waals surface area (Å²) < 4.78 is 42.4. The lowest BCUT2D eigenvalue weighted by Gasteiger charge is -2.14. The molecule has 2 heterocycles. The molecule has 1 atom stereocenters. The highest BCUT2D eigenvalue weighted by atomic mass is 32.1. The molecule has 0 aliphatic rings. The van der Waals surface area contributed by atoms with Gasteiger partial charge in [0.25, 0.3) is 11.5 Å². The number of fused-ring (bicyclic) bond motifs is 1. The Balaban J connectivity index is 2.17. The summed E-state index contributed by atoms with van der Waals surface area (Å²) >= 11 is 0.915.